The lowest BCUT2D eigenvalue weighted by Gasteiger charge is -2.05. The molecule has 9 heteroatoms. The maximum Gasteiger partial charge on any atom is 0.248 e. The van der Waals surface area contributed by atoms with Crippen LogP contribution in [0.25, 0.3) is 28.3 Å². The van der Waals surface area contributed by atoms with Crippen LogP contribution >= 0.6 is 0 Å². The molecule has 0 aliphatic heterocycles. The highest BCUT2D eigenvalue weighted by Crippen LogP contribution is 2.30. The van der Waals surface area contributed by atoms with Gasteiger partial charge in [-0.3, -0.25) is 9.78 Å². The average Bonchev–Trinajstić information content (AvgIpc) is 3.49. The van der Waals surface area contributed by atoms with Crippen LogP contribution in [0, 0.1) is 0 Å². The zero-order chi connectivity index (χ0) is 22.8. The number of hydrogen-bond donors (Lipinski definition) is 2. The first-order chi connectivity index (χ1) is 16.1. The SMILES string of the molecule is CCc1cccc(-c2[nH]c(COc3cccc(C(N)=O)c3)nc2-c2ccc3ncnn3c2)n1. The summed E-state index contributed by atoms with van der Waals surface area (Å²) in [5.41, 5.74) is 10.7. The minimum absolute atomic E-state index is 0.175. The Hall–Kier alpha value is -4.53. The molecule has 0 saturated carbocycles. The monoisotopic (exact) mass is 439 g/mol. The van der Waals surface area contributed by atoms with E-state index in [9.17, 15) is 4.79 Å². The number of nitrogens with one attached hydrogen (secondary N) is 1. The summed E-state index contributed by atoms with van der Waals surface area (Å²) < 4.78 is 7.58. The van der Waals surface area contributed by atoms with E-state index in [1.165, 1.54) is 6.33 Å². The Balaban J connectivity index is 1.52. The minimum Gasteiger partial charge on any atom is -0.486 e. The Bertz CT molecular complexity index is 1450. The van der Waals surface area contributed by atoms with E-state index in [1.54, 1.807) is 28.8 Å². The summed E-state index contributed by atoms with van der Waals surface area (Å²) in [6, 6.07) is 16.5. The number of amides is 1. The van der Waals surface area contributed by atoms with Gasteiger partial charge in [-0.25, -0.2) is 14.5 Å². The van der Waals surface area contributed by atoms with E-state index < -0.39 is 5.91 Å². The van der Waals surface area contributed by atoms with Crippen molar-refractivity contribution in [2.75, 3.05) is 0 Å². The maximum atomic E-state index is 11.4. The number of nitrogens with zero attached hydrogens (tertiary/aromatic N) is 5. The first kappa shape index (κ1) is 20.4. The third-order valence-corrected chi connectivity index (χ3v) is 5.22. The highest BCUT2D eigenvalue weighted by Gasteiger charge is 2.17. The van der Waals surface area contributed by atoms with Gasteiger partial charge >= 0.3 is 0 Å². The molecule has 0 unspecified atom stereocenters. The van der Waals surface area contributed by atoms with Crippen LogP contribution in [0.15, 0.2) is 67.1 Å². The molecule has 4 aromatic heterocycles. The van der Waals surface area contributed by atoms with E-state index in [4.69, 9.17) is 20.4 Å². The number of nitrogens with two attached hydrogens (primary N) is 1. The van der Waals surface area contributed by atoms with Crippen LogP contribution in [-0.2, 0) is 13.0 Å². The van der Waals surface area contributed by atoms with Gasteiger partial charge in [0.1, 0.15) is 24.5 Å². The highest BCUT2D eigenvalue weighted by molar-refractivity contribution is 5.93. The summed E-state index contributed by atoms with van der Waals surface area (Å²) in [6.07, 6.45) is 4.22. The van der Waals surface area contributed by atoms with Crippen molar-refractivity contribution in [1.82, 2.24) is 29.5 Å². The summed E-state index contributed by atoms with van der Waals surface area (Å²) in [5, 5.41) is 4.23. The Morgan fingerprint density at radius 3 is 2.85 bits per heavy atom. The molecule has 33 heavy (non-hydrogen) atoms. The van der Waals surface area contributed by atoms with Crippen molar-refractivity contribution in [3.05, 3.63) is 84.2 Å². The number of primary amides is 1. The van der Waals surface area contributed by atoms with Gasteiger partial charge in [0.05, 0.1) is 17.1 Å². The standard InChI is InChI=1S/C24H21N7O2/c1-2-17-6-4-8-19(28-17)23-22(16-9-10-21-26-14-27-31(21)12-16)29-20(30-23)13-33-18-7-3-5-15(11-18)24(25)32/h3-12,14H,2,13H2,1H3,(H2,25,32)(H,29,30). The molecule has 5 rings (SSSR count). The molecule has 0 atom stereocenters. The van der Waals surface area contributed by atoms with Crippen LogP contribution in [-0.4, -0.2) is 35.5 Å². The lowest BCUT2D eigenvalue weighted by atomic mass is 10.1. The zero-order valence-electron chi connectivity index (χ0n) is 17.9. The second kappa shape index (κ2) is 8.54. The molecule has 1 amide bonds. The molecule has 0 spiro atoms. The van der Waals surface area contributed by atoms with Crippen molar-refractivity contribution in [1.29, 1.82) is 0 Å². The average molecular weight is 439 g/mol. The largest absolute Gasteiger partial charge is 0.486 e. The summed E-state index contributed by atoms with van der Waals surface area (Å²) in [4.78, 5) is 28.6. The van der Waals surface area contributed by atoms with E-state index in [0.717, 1.165) is 40.4 Å². The summed E-state index contributed by atoms with van der Waals surface area (Å²) in [5.74, 6) is 0.640. The van der Waals surface area contributed by atoms with Crippen LogP contribution < -0.4 is 10.5 Å². The van der Waals surface area contributed by atoms with Crippen molar-refractivity contribution in [2.24, 2.45) is 5.73 Å². The van der Waals surface area contributed by atoms with Crippen molar-refractivity contribution < 1.29 is 9.53 Å². The molecule has 0 aliphatic rings. The molecule has 4 heterocycles. The van der Waals surface area contributed by atoms with E-state index in [0.29, 0.717) is 17.1 Å². The number of benzene rings is 1. The fraction of sp³-hybridized carbons (Fsp3) is 0.125. The van der Waals surface area contributed by atoms with Gasteiger partial charge in [-0.1, -0.05) is 19.1 Å². The number of rotatable bonds is 7. The quantitative estimate of drug-likeness (QED) is 0.400. The normalized spacial score (nSPS) is 11.1. The number of carbonyl (C=O) groups is 1. The zero-order valence-corrected chi connectivity index (χ0v) is 17.9. The van der Waals surface area contributed by atoms with Gasteiger partial charge in [0.2, 0.25) is 5.91 Å². The molecule has 3 N–H and O–H groups in total. The number of aryl methyl sites for hydroxylation is 1. The second-order valence-corrected chi connectivity index (χ2v) is 7.44. The van der Waals surface area contributed by atoms with Gasteiger partial charge < -0.3 is 15.5 Å². The molecule has 0 aliphatic carbocycles. The third kappa shape index (κ3) is 4.16. The molecule has 0 bridgehead atoms. The number of imidazole rings is 1. The Morgan fingerprint density at radius 1 is 1.12 bits per heavy atom. The van der Waals surface area contributed by atoms with Crippen molar-refractivity contribution >= 4 is 11.6 Å². The van der Waals surface area contributed by atoms with E-state index in [-0.39, 0.29) is 6.61 Å². The Kier molecular flexibility index (Phi) is 5.27. The lowest BCUT2D eigenvalue weighted by molar-refractivity contribution is 0.1000. The predicted molar refractivity (Wildman–Crippen MR) is 122 cm³/mol. The Morgan fingerprint density at radius 2 is 2.00 bits per heavy atom. The van der Waals surface area contributed by atoms with E-state index in [2.05, 4.69) is 22.0 Å². The molecule has 1 aromatic carbocycles. The van der Waals surface area contributed by atoms with Crippen LogP contribution in [0.2, 0.25) is 0 Å². The van der Waals surface area contributed by atoms with Gasteiger partial charge in [0, 0.05) is 23.0 Å². The summed E-state index contributed by atoms with van der Waals surface area (Å²) in [6.45, 7) is 2.24. The number of fused-ring (bicyclic) bond motifs is 1. The van der Waals surface area contributed by atoms with Gasteiger partial charge in [-0.2, -0.15) is 5.10 Å². The van der Waals surface area contributed by atoms with E-state index in [1.807, 2.05) is 36.5 Å². The molecule has 9 nitrogen and oxygen atoms in total. The number of ether oxygens (including phenoxy) is 1. The van der Waals surface area contributed by atoms with Crippen LogP contribution in [0.1, 0.15) is 28.8 Å². The molecule has 5 aromatic rings. The van der Waals surface area contributed by atoms with Crippen molar-refractivity contribution in [3.63, 3.8) is 0 Å². The lowest BCUT2D eigenvalue weighted by Crippen LogP contribution is -2.10. The number of aromatic amines is 1. The van der Waals surface area contributed by atoms with Gasteiger partial charge in [-0.15, -0.1) is 0 Å². The van der Waals surface area contributed by atoms with Crippen molar-refractivity contribution in [2.45, 2.75) is 20.0 Å². The van der Waals surface area contributed by atoms with Crippen LogP contribution in [0.3, 0.4) is 0 Å². The fourth-order valence-corrected chi connectivity index (χ4v) is 3.55. The number of H-pyrrole nitrogens is 1. The number of aromatic nitrogens is 6. The first-order valence-corrected chi connectivity index (χ1v) is 10.5. The fourth-order valence-electron chi connectivity index (χ4n) is 3.55. The summed E-state index contributed by atoms with van der Waals surface area (Å²) in [7, 11) is 0. The molecular weight excluding hydrogens is 418 g/mol. The van der Waals surface area contributed by atoms with Gasteiger partial charge in [0.25, 0.3) is 0 Å². The molecule has 0 saturated heterocycles. The number of pyridine rings is 2. The highest BCUT2D eigenvalue weighted by atomic mass is 16.5. The minimum atomic E-state index is -0.506. The molecular formula is C24H21N7O2. The number of carbonyl (C=O) groups excluding carboxylic acids is 1. The second-order valence-electron chi connectivity index (χ2n) is 7.44. The van der Waals surface area contributed by atoms with Gasteiger partial charge in [-0.05, 0) is 48.9 Å². The summed E-state index contributed by atoms with van der Waals surface area (Å²) >= 11 is 0. The Labute approximate surface area is 189 Å². The smallest absolute Gasteiger partial charge is 0.248 e. The third-order valence-electron chi connectivity index (χ3n) is 5.22. The molecule has 164 valence electrons. The molecule has 0 fully saturated rings. The molecule has 0 radical (unpaired) electrons. The van der Waals surface area contributed by atoms with Crippen molar-refractivity contribution in [3.8, 4) is 28.4 Å². The number of hydrogen-bond acceptors (Lipinski definition) is 6. The van der Waals surface area contributed by atoms with Crippen LogP contribution in [0.4, 0.5) is 0 Å². The predicted octanol–water partition coefficient (Wildman–Crippen LogP) is 3.42. The van der Waals surface area contributed by atoms with Crippen LogP contribution in [0.5, 0.6) is 5.75 Å². The first-order valence-electron chi connectivity index (χ1n) is 10.5. The maximum absolute atomic E-state index is 11.4. The van der Waals surface area contributed by atoms with Gasteiger partial charge in [0.15, 0.2) is 5.65 Å². The van der Waals surface area contributed by atoms with E-state index >= 15 is 0 Å². The topological polar surface area (TPSA) is 124 Å².